The maximum absolute atomic E-state index is 5.47. The van der Waals surface area contributed by atoms with E-state index in [1.54, 1.807) is 6.33 Å². The van der Waals surface area contributed by atoms with Crippen LogP contribution in [0.2, 0.25) is 0 Å². The number of nitrogens with zero attached hydrogens (tertiary/aromatic N) is 3. The van der Waals surface area contributed by atoms with Gasteiger partial charge in [0.05, 0.1) is 19.3 Å². The predicted molar refractivity (Wildman–Crippen MR) is 59.0 cm³/mol. The Labute approximate surface area is 90.3 Å². The van der Waals surface area contributed by atoms with Gasteiger partial charge in [-0.05, 0) is 13.3 Å². The first-order chi connectivity index (χ1) is 7.31. The van der Waals surface area contributed by atoms with Crippen molar-refractivity contribution >= 4 is 5.82 Å². The molecule has 0 amide bonds. The summed E-state index contributed by atoms with van der Waals surface area (Å²) >= 11 is 0. The van der Waals surface area contributed by atoms with Crippen LogP contribution in [0.4, 0.5) is 5.82 Å². The summed E-state index contributed by atoms with van der Waals surface area (Å²) in [6.07, 6.45) is 2.72. The smallest absolute Gasteiger partial charge is 0.132 e. The quantitative estimate of drug-likeness (QED) is 0.734. The van der Waals surface area contributed by atoms with E-state index in [-0.39, 0.29) is 0 Å². The lowest BCUT2D eigenvalue weighted by Crippen LogP contribution is -2.45. The molecule has 1 aromatic rings. The van der Waals surface area contributed by atoms with Gasteiger partial charge in [-0.3, -0.25) is 0 Å². The Morgan fingerprint density at radius 2 is 2.40 bits per heavy atom. The molecule has 0 radical (unpaired) electrons. The second-order valence-electron chi connectivity index (χ2n) is 3.85. The van der Waals surface area contributed by atoms with E-state index in [1.165, 1.54) is 0 Å². The van der Waals surface area contributed by atoms with Crippen LogP contribution in [0.25, 0.3) is 0 Å². The zero-order chi connectivity index (χ0) is 10.7. The lowest BCUT2D eigenvalue weighted by Gasteiger charge is -2.35. The molecule has 0 bridgehead atoms. The first-order valence-corrected chi connectivity index (χ1v) is 5.44. The topological polar surface area (TPSA) is 38.2 Å². The molecule has 1 saturated heterocycles. The second kappa shape index (κ2) is 4.57. The number of anilines is 1. The lowest BCUT2D eigenvalue weighted by molar-refractivity contribution is 0.0925. The maximum atomic E-state index is 5.47. The summed E-state index contributed by atoms with van der Waals surface area (Å²) in [7, 11) is 0. The first-order valence-electron chi connectivity index (χ1n) is 5.44. The van der Waals surface area contributed by atoms with E-state index in [9.17, 15) is 0 Å². The highest BCUT2D eigenvalue weighted by Gasteiger charge is 2.22. The number of hydrogen-bond acceptors (Lipinski definition) is 4. The summed E-state index contributed by atoms with van der Waals surface area (Å²) < 4.78 is 5.47. The fraction of sp³-hybridized carbons (Fsp3) is 0.636. The van der Waals surface area contributed by atoms with E-state index < -0.39 is 0 Å². The van der Waals surface area contributed by atoms with Crippen LogP contribution in [-0.4, -0.2) is 35.8 Å². The number of morpholine rings is 1. The predicted octanol–water partition coefficient (Wildman–Crippen LogP) is 1.40. The Morgan fingerprint density at radius 3 is 3.13 bits per heavy atom. The molecule has 82 valence electrons. The van der Waals surface area contributed by atoms with Crippen LogP contribution in [-0.2, 0) is 4.74 Å². The van der Waals surface area contributed by atoms with Crippen molar-refractivity contribution in [3.8, 4) is 0 Å². The van der Waals surface area contributed by atoms with Gasteiger partial charge >= 0.3 is 0 Å². The third-order valence-corrected chi connectivity index (χ3v) is 2.78. The monoisotopic (exact) mass is 207 g/mol. The van der Waals surface area contributed by atoms with Crippen molar-refractivity contribution in [1.29, 1.82) is 0 Å². The minimum Gasteiger partial charge on any atom is -0.377 e. The highest BCUT2D eigenvalue weighted by Crippen LogP contribution is 2.18. The molecule has 1 unspecified atom stereocenters. The van der Waals surface area contributed by atoms with Crippen molar-refractivity contribution < 1.29 is 4.74 Å². The van der Waals surface area contributed by atoms with Gasteiger partial charge in [-0.15, -0.1) is 0 Å². The molecule has 15 heavy (non-hydrogen) atoms. The molecule has 2 heterocycles. The number of aryl methyl sites for hydroxylation is 1. The van der Waals surface area contributed by atoms with E-state index in [0.717, 1.165) is 37.7 Å². The largest absolute Gasteiger partial charge is 0.377 e. The van der Waals surface area contributed by atoms with E-state index in [1.807, 2.05) is 13.0 Å². The van der Waals surface area contributed by atoms with Gasteiger partial charge in [0.15, 0.2) is 0 Å². The number of rotatable bonds is 2. The highest BCUT2D eigenvalue weighted by atomic mass is 16.5. The van der Waals surface area contributed by atoms with Crippen LogP contribution in [0.5, 0.6) is 0 Å². The van der Waals surface area contributed by atoms with Gasteiger partial charge in [0.1, 0.15) is 12.1 Å². The molecule has 2 rings (SSSR count). The lowest BCUT2D eigenvalue weighted by atomic mass is 10.2. The van der Waals surface area contributed by atoms with E-state index in [2.05, 4.69) is 21.8 Å². The highest BCUT2D eigenvalue weighted by molar-refractivity contribution is 5.40. The molecule has 0 spiro atoms. The van der Waals surface area contributed by atoms with Crippen molar-refractivity contribution in [2.24, 2.45) is 0 Å². The van der Waals surface area contributed by atoms with Crippen molar-refractivity contribution in [2.45, 2.75) is 26.3 Å². The Kier molecular flexibility index (Phi) is 3.16. The third kappa shape index (κ3) is 2.26. The normalized spacial score (nSPS) is 21.7. The summed E-state index contributed by atoms with van der Waals surface area (Å²) in [4.78, 5) is 10.8. The standard InChI is InChI=1S/C11H17N3O/c1-3-10-7-15-5-4-14(10)11-6-9(2)12-8-13-11/h6,8,10H,3-5,7H2,1-2H3. The zero-order valence-corrected chi connectivity index (χ0v) is 9.31. The molecular weight excluding hydrogens is 190 g/mol. The van der Waals surface area contributed by atoms with Crippen LogP contribution >= 0.6 is 0 Å². The Bertz CT molecular complexity index is 329. The van der Waals surface area contributed by atoms with Gasteiger partial charge in [0, 0.05) is 18.3 Å². The van der Waals surface area contributed by atoms with E-state index in [0.29, 0.717) is 6.04 Å². The third-order valence-electron chi connectivity index (χ3n) is 2.78. The summed E-state index contributed by atoms with van der Waals surface area (Å²) in [5.74, 6) is 1.03. The average Bonchev–Trinajstić information content (AvgIpc) is 2.29. The Balaban J connectivity index is 2.20. The van der Waals surface area contributed by atoms with Crippen LogP contribution in [0, 0.1) is 6.92 Å². The fourth-order valence-electron chi connectivity index (χ4n) is 1.89. The SMILES string of the molecule is CCC1COCCN1c1cc(C)ncn1. The van der Waals surface area contributed by atoms with Crippen molar-refractivity contribution in [1.82, 2.24) is 9.97 Å². The first kappa shape index (κ1) is 10.4. The van der Waals surface area contributed by atoms with Crippen molar-refractivity contribution in [3.63, 3.8) is 0 Å². The van der Waals surface area contributed by atoms with Crippen molar-refractivity contribution in [3.05, 3.63) is 18.1 Å². The van der Waals surface area contributed by atoms with Crippen LogP contribution in [0.1, 0.15) is 19.0 Å². The van der Waals surface area contributed by atoms with Gasteiger partial charge in [-0.25, -0.2) is 9.97 Å². The average molecular weight is 207 g/mol. The van der Waals surface area contributed by atoms with Crippen LogP contribution < -0.4 is 4.90 Å². The van der Waals surface area contributed by atoms with Gasteiger partial charge in [0.2, 0.25) is 0 Å². The molecule has 1 atom stereocenters. The van der Waals surface area contributed by atoms with Gasteiger partial charge in [-0.2, -0.15) is 0 Å². The molecule has 1 aromatic heterocycles. The minimum absolute atomic E-state index is 0.452. The molecule has 0 N–H and O–H groups in total. The van der Waals surface area contributed by atoms with Gasteiger partial charge in [-0.1, -0.05) is 6.92 Å². The molecular formula is C11H17N3O. The second-order valence-corrected chi connectivity index (χ2v) is 3.85. The number of hydrogen-bond donors (Lipinski definition) is 0. The Morgan fingerprint density at radius 1 is 1.53 bits per heavy atom. The molecule has 1 aliphatic rings. The minimum atomic E-state index is 0.452. The van der Waals surface area contributed by atoms with Crippen molar-refractivity contribution in [2.75, 3.05) is 24.7 Å². The Hall–Kier alpha value is -1.16. The molecule has 0 saturated carbocycles. The molecule has 1 aliphatic heterocycles. The number of ether oxygens (including phenoxy) is 1. The van der Waals surface area contributed by atoms with Gasteiger partial charge in [0.25, 0.3) is 0 Å². The van der Waals surface area contributed by atoms with Crippen LogP contribution in [0.3, 0.4) is 0 Å². The molecule has 0 aliphatic carbocycles. The van der Waals surface area contributed by atoms with E-state index in [4.69, 9.17) is 4.74 Å². The summed E-state index contributed by atoms with van der Waals surface area (Å²) in [6, 6.07) is 2.49. The summed E-state index contributed by atoms with van der Waals surface area (Å²) in [5.41, 5.74) is 1.02. The van der Waals surface area contributed by atoms with Crippen LogP contribution in [0.15, 0.2) is 12.4 Å². The molecule has 4 nitrogen and oxygen atoms in total. The maximum Gasteiger partial charge on any atom is 0.132 e. The molecule has 4 heteroatoms. The summed E-state index contributed by atoms with van der Waals surface area (Å²) in [6.45, 7) is 6.70. The molecule has 0 aromatic carbocycles. The number of aromatic nitrogens is 2. The van der Waals surface area contributed by atoms with E-state index >= 15 is 0 Å². The molecule has 1 fully saturated rings. The fourth-order valence-corrected chi connectivity index (χ4v) is 1.89. The zero-order valence-electron chi connectivity index (χ0n) is 9.31. The van der Waals surface area contributed by atoms with Gasteiger partial charge < -0.3 is 9.64 Å². The summed E-state index contributed by atoms with van der Waals surface area (Å²) in [5, 5.41) is 0.